The molecule has 0 amide bonds. The van der Waals surface area contributed by atoms with Gasteiger partial charge < -0.3 is 28.4 Å². The molecule has 1 aliphatic rings. The second-order valence-corrected chi connectivity index (χ2v) is 3.38. The van der Waals surface area contributed by atoms with Crippen LogP contribution < -0.4 is 0 Å². The Morgan fingerprint density at radius 2 is 1.32 bits per heavy atom. The maximum absolute atomic E-state index is 11.8. The summed E-state index contributed by atoms with van der Waals surface area (Å²) in [7, 11) is 2.90. The van der Waals surface area contributed by atoms with Crippen molar-refractivity contribution in [1.29, 1.82) is 0 Å². The SMILES string of the molecule is COCCOC(=O)C1(C(=O)OCCOC)OC=CO1. The van der Waals surface area contributed by atoms with Gasteiger partial charge in [0.25, 0.3) is 0 Å². The molecule has 0 aromatic carbocycles. The van der Waals surface area contributed by atoms with Crippen molar-refractivity contribution in [2.24, 2.45) is 0 Å². The van der Waals surface area contributed by atoms with Gasteiger partial charge >= 0.3 is 17.7 Å². The molecular weight excluding hydrogens is 260 g/mol. The summed E-state index contributed by atoms with van der Waals surface area (Å²) in [6.07, 6.45) is 2.13. The number of carbonyl (C=O) groups excluding carboxylic acids is 2. The Morgan fingerprint density at radius 3 is 1.68 bits per heavy atom. The van der Waals surface area contributed by atoms with Gasteiger partial charge in [0, 0.05) is 14.2 Å². The molecule has 0 saturated heterocycles. The molecule has 1 aliphatic heterocycles. The summed E-state index contributed by atoms with van der Waals surface area (Å²) in [6, 6.07) is 0. The lowest BCUT2D eigenvalue weighted by atomic mass is 10.3. The monoisotopic (exact) mass is 276 g/mol. The van der Waals surface area contributed by atoms with Crippen LogP contribution in [0.15, 0.2) is 12.5 Å². The topological polar surface area (TPSA) is 89.5 Å². The molecule has 0 radical (unpaired) electrons. The number of esters is 2. The lowest BCUT2D eigenvalue weighted by Crippen LogP contribution is -2.50. The highest BCUT2D eigenvalue weighted by Crippen LogP contribution is 2.24. The fourth-order valence-corrected chi connectivity index (χ4v) is 1.18. The second kappa shape index (κ2) is 7.59. The van der Waals surface area contributed by atoms with Crippen LogP contribution in [0.5, 0.6) is 0 Å². The Balaban J connectivity index is 2.58. The van der Waals surface area contributed by atoms with E-state index in [9.17, 15) is 9.59 Å². The normalized spacial score (nSPS) is 15.5. The summed E-state index contributed by atoms with van der Waals surface area (Å²) < 4.78 is 28.8. The van der Waals surface area contributed by atoms with E-state index >= 15 is 0 Å². The van der Waals surface area contributed by atoms with Gasteiger partial charge in [-0.3, -0.25) is 0 Å². The van der Waals surface area contributed by atoms with Gasteiger partial charge in [-0.05, 0) is 0 Å². The molecule has 1 rings (SSSR count). The number of carbonyl (C=O) groups is 2. The summed E-state index contributed by atoms with van der Waals surface area (Å²) >= 11 is 0. The highest BCUT2D eigenvalue weighted by atomic mass is 16.8. The largest absolute Gasteiger partial charge is 0.457 e. The summed E-state index contributed by atoms with van der Waals surface area (Å²) in [4.78, 5) is 23.6. The van der Waals surface area contributed by atoms with Crippen LogP contribution in [-0.4, -0.2) is 58.4 Å². The van der Waals surface area contributed by atoms with E-state index in [1.807, 2.05) is 0 Å². The number of hydrogen-bond acceptors (Lipinski definition) is 8. The van der Waals surface area contributed by atoms with Crippen LogP contribution in [0.1, 0.15) is 0 Å². The van der Waals surface area contributed by atoms with E-state index in [1.54, 1.807) is 0 Å². The third-order valence-electron chi connectivity index (χ3n) is 2.10. The van der Waals surface area contributed by atoms with Crippen LogP contribution in [0.4, 0.5) is 0 Å². The highest BCUT2D eigenvalue weighted by molar-refractivity contribution is 6.02. The van der Waals surface area contributed by atoms with E-state index in [4.69, 9.17) is 28.4 Å². The maximum Gasteiger partial charge on any atom is 0.452 e. The molecule has 0 fully saturated rings. The van der Waals surface area contributed by atoms with Crippen LogP contribution >= 0.6 is 0 Å². The zero-order valence-electron chi connectivity index (χ0n) is 10.7. The first-order chi connectivity index (χ1) is 9.17. The molecule has 0 aromatic rings. The van der Waals surface area contributed by atoms with Gasteiger partial charge in [-0.15, -0.1) is 0 Å². The Hall–Kier alpha value is -1.80. The zero-order valence-corrected chi connectivity index (χ0v) is 10.7. The van der Waals surface area contributed by atoms with Gasteiger partial charge in [-0.1, -0.05) is 0 Å². The first-order valence-electron chi connectivity index (χ1n) is 5.50. The Morgan fingerprint density at radius 1 is 0.895 bits per heavy atom. The van der Waals surface area contributed by atoms with Crippen molar-refractivity contribution >= 4 is 11.9 Å². The maximum atomic E-state index is 11.8. The van der Waals surface area contributed by atoms with Crippen LogP contribution in [0.3, 0.4) is 0 Å². The minimum Gasteiger partial charge on any atom is -0.457 e. The molecule has 8 heteroatoms. The average molecular weight is 276 g/mol. The number of hydrogen-bond donors (Lipinski definition) is 0. The van der Waals surface area contributed by atoms with Gasteiger partial charge in [0.15, 0.2) is 0 Å². The van der Waals surface area contributed by atoms with E-state index in [1.165, 1.54) is 14.2 Å². The smallest absolute Gasteiger partial charge is 0.452 e. The molecule has 0 spiro atoms. The standard InChI is InChI=1S/C11H16O8/c1-14-3-5-16-9(12)11(18-7-8-19-11)10(13)17-6-4-15-2/h7-8H,3-6H2,1-2H3. The number of ether oxygens (including phenoxy) is 6. The molecule has 108 valence electrons. The van der Waals surface area contributed by atoms with E-state index < -0.39 is 17.7 Å². The molecular formula is C11H16O8. The molecule has 0 N–H and O–H groups in total. The summed E-state index contributed by atoms with van der Waals surface area (Å²) in [5, 5.41) is 0. The van der Waals surface area contributed by atoms with Gasteiger partial charge in [0.05, 0.1) is 13.2 Å². The predicted molar refractivity (Wildman–Crippen MR) is 59.7 cm³/mol. The third-order valence-corrected chi connectivity index (χ3v) is 2.10. The molecule has 0 aliphatic carbocycles. The average Bonchev–Trinajstić information content (AvgIpc) is 2.89. The first kappa shape index (κ1) is 15.3. The van der Waals surface area contributed by atoms with Gasteiger partial charge in [0.2, 0.25) is 0 Å². The third kappa shape index (κ3) is 3.83. The fraction of sp³-hybridized carbons (Fsp3) is 0.636. The zero-order chi connectivity index (χ0) is 14.1. The summed E-state index contributed by atoms with van der Waals surface area (Å²) in [6.45, 7) is 0.312. The molecule has 0 unspecified atom stereocenters. The minimum atomic E-state index is -2.23. The van der Waals surface area contributed by atoms with Crippen molar-refractivity contribution in [1.82, 2.24) is 0 Å². The van der Waals surface area contributed by atoms with E-state index in [0.29, 0.717) is 0 Å². The molecule has 0 aromatic heterocycles. The quantitative estimate of drug-likeness (QED) is 0.335. The Labute approximate surface area is 110 Å². The van der Waals surface area contributed by atoms with Crippen molar-refractivity contribution in [3.63, 3.8) is 0 Å². The fourth-order valence-electron chi connectivity index (χ4n) is 1.18. The van der Waals surface area contributed by atoms with Crippen LogP contribution in [0.2, 0.25) is 0 Å². The first-order valence-corrected chi connectivity index (χ1v) is 5.50. The summed E-state index contributed by atoms with van der Waals surface area (Å²) in [5.41, 5.74) is 0. The van der Waals surface area contributed by atoms with Gasteiger partial charge in [0.1, 0.15) is 25.7 Å². The summed E-state index contributed by atoms with van der Waals surface area (Å²) in [5.74, 6) is -4.24. The lowest BCUT2D eigenvalue weighted by Gasteiger charge is -2.22. The van der Waals surface area contributed by atoms with Crippen molar-refractivity contribution in [2.45, 2.75) is 5.79 Å². The van der Waals surface area contributed by atoms with Crippen molar-refractivity contribution in [2.75, 3.05) is 40.6 Å². The molecule has 1 heterocycles. The molecule has 8 nitrogen and oxygen atoms in total. The molecule has 0 atom stereocenters. The van der Waals surface area contributed by atoms with Gasteiger partial charge in [-0.2, -0.15) is 0 Å². The van der Waals surface area contributed by atoms with Crippen LogP contribution in [0, 0.1) is 0 Å². The lowest BCUT2D eigenvalue weighted by molar-refractivity contribution is -0.218. The number of methoxy groups -OCH3 is 2. The van der Waals surface area contributed by atoms with Crippen molar-refractivity contribution in [3.8, 4) is 0 Å². The number of rotatable bonds is 8. The Bertz CT molecular complexity index is 306. The predicted octanol–water partition coefficient (Wildman–Crippen LogP) is -0.420. The van der Waals surface area contributed by atoms with E-state index in [0.717, 1.165) is 12.5 Å². The van der Waals surface area contributed by atoms with Crippen LogP contribution in [-0.2, 0) is 38.0 Å². The second-order valence-electron chi connectivity index (χ2n) is 3.38. The molecule has 19 heavy (non-hydrogen) atoms. The van der Waals surface area contributed by atoms with Crippen molar-refractivity contribution in [3.05, 3.63) is 12.5 Å². The van der Waals surface area contributed by atoms with Crippen LogP contribution in [0.25, 0.3) is 0 Å². The highest BCUT2D eigenvalue weighted by Gasteiger charge is 2.56. The Kier molecular flexibility index (Phi) is 6.10. The van der Waals surface area contributed by atoms with Gasteiger partial charge in [-0.25, -0.2) is 9.59 Å². The van der Waals surface area contributed by atoms with E-state index in [-0.39, 0.29) is 26.4 Å². The van der Waals surface area contributed by atoms with Crippen molar-refractivity contribution < 1.29 is 38.0 Å². The minimum absolute atomic E-state index is 0.0326. The molecule has 0 saturated carbocycles. The molecule has 0 bridgehead atoms. The van der Waals surface area contributed by atoms with E-state index in [2.05, 4.69) is 0 Å².